The van der Waals surface area contributed by atoms with Crippen LogP contribution < -0.4 is 0 Å². The molecule has 1 aromatic carbocycles. The Labute approximate surface area is 134 Å². The van der Waals surface area contributed by atoms with Crippen molar-refractivity contribution < 1.29 is 9.53 Å². The Kier molecular flexibility index (Phi) is 4.57. The standard InChI is InChI=1S/C16H18ClNO2S/c1-20-16(19)15(12-4-2-3-5-13(12)17)18-8-6-14-11(10-18)7-9-21-14/h2-5,7,9,11,14-15H,6,8,10H2,1H3/t11?,14?,15-/m0/s1. The van der Waals surface area contributed by atoms with Gasteiger partial charge in [0.2, 0.25) is 0 Å². The fourth-order valence-corrected chi connectivity index (χ4v) is 4.46. The average Bonchev–Trinajstić information content (AvgIpc) is 2.97. The number of methoxy groups -OCH3 is 1. The lowest BCUT2D eigenvalue weighted by Gasteiger charge is -2.38. The fourth-order valence-electron chi connectivity index (χ4n) is 3.10. The van der Waals surface area contributed by atoms with E-state index in [2.05, 4.69) is 16.4 Å². The van der Waals surface area contributed by atoms with Crippen LogP contribution in [-0.2, 0) is 9.53 Å². The molecule has 21 heavy (non-hydrogen) atoms. The monoisotopic (exact) mass is 323 g/mol. The van der Waals surface area contributed by atoms with E-state index in [1.165, 1.54) is 7.11 Å². The number of halogens is 1. The number of carbonyl (C=O) groups is 1. The summed E-state index contributed by atoms with van der Waals surface area (Å²) in [5.74, 6) is 0.273. The van der Waals surface area contributed by atoms with E-state index in [9.17, 15) is 4.79 Å². The molecule has 3 nitrogen and oxygen atoms in total. The van der Waals surface area contributed by atoms with E-state index < -0.39 is 6.04 Å². The molecule has 2 aliphatic heterocycles. The van der Waals surface area contributed by atoms with Gasteiger partial charge in [-0.05, 0) is 23.5 Å². The molecule has 0 amide bonds. The first-order valence-electron chi connectivity index (χ1n) is 7.09. The highest BCUT2D eigenvalue weighted by molar-refractivity contribution is 8.03. The molecule has 1 saturated heterocycles. The predicted octanol–water partition coefficient (Wildman–Crippen LogP) is 3.51. The van der Waals surface area contributed by atoms with E-state index in [0.29, 0.717) is 16.2 Å². The summed E-state index contributed by atoms with van der Waals surface area (Å²) in [7, 11) is 1.43. The average molecular weight is 324 g/mol. The summed E-state index contributed by atoms with van der Waals surface area (Å²) in [5, 5.41) is 3.46. The summed E-state index contributed by atoms with van der Waals surface area (Å²) < 4.78 is 5.02. The number of benzene rings is 1. The maximum atomic E-state index is 12.3. The third kappa shape index (κ3) is 2.98. The molecule has 2 heterocycles. The van der Waals surface area contributed by atoms with Crippen LogP contribution >= 0.6 is 23.4 Å². The van der Waals surface area contributed by atoms with Gasteiger partial charge in [0, 0.05) is 29.3 Å². The number of esters is 1. The number of hydrogen-bond acceptors (Lipinski definition) is 4. The summed E-state index contributed by atoms with van der Waals surface area (Å²) >= 11 is 8.20. The van der Waals surface area contributed by atoms with Gasteiger partial charge in [0.05, 0.1) is 7.11 Å². The lowest BCUT2D eigenvalue weighted by Crippen LogP contribution is -2.44. The largest absolute Gasteiger partial charge is 0.468 e. The van der Waals surface area contributed by atoms with E-state index in [4.69, 9.17) is 16.3 Å². The number of likely N-dealkylation sites (tertiary alicyclic amines) is 1. The summed E-state index contributed by atoms with van der Waals surface area (Å²) in [5.41, 5.74) is 0.832. The van der Waals surface area contributed by atoms with Gasteiger partial charge in [-0.1, -0.05) is 35.9 Å². The van der Waals surface area contributed by atoms with E-state index in [1.54, 1.807) is 0 Å². The van der Waals surface area contributed by atoms with Gasteiger partial charge < -0.3 is 4.74 Å². The molecule has 2 unspecified atom stereocenters. The Balaban J connectivity index is 1.88. The van der Waals surface area contributed by atoms with Crippen molar-refractivity contribution in [1.82, 2.24) is 4.90 Å². The highest BCUT2D eigenvalue weighted by Crippen LogP contribution is 2.39. The Hall–Kier alpha value is -0.970. The molecule has 3 atom stereocenters. The van der Waals surface area contributed by atoms with Crippen molar-refractivity contribution in [3.05, 3.63) is 46.3 Å². The first-order chi connectivity index (χ1) is 10.2. The molecule has 3 rings (SSSR count). The first-order valence-corrected chi connectivity index (χ1v) is 8.41. The van der Waals surface area contributed by atoms with Gasteiger partial charge in [-0.25, -0.2) is 4.79 Å². The van der Waals surface area contributed by atoms with Crippen molar-refractivity contribution in [2.24, 2.45) is 5.92 Å². The summed E-state index contributed by atoms with van der Waals surface area (Å²) in [6, 6.07) is 7.11. The van der Waals surface area contributed by atoms with Crippen LogP contribution in [0.3, 0.4) is 0 Å². The normalized spacial score (nSPS) is 26.4. The molecule has 112 valence electrons. The highest BCUT2D eigenvalue weighted by atomic mass is 35.5. The Morgan fingerprint density at radius 3 is 3.05 bits per heavy atom. The maximum absolute atomic E-state index is 12.3. The molecule has 1 fully saturated rings. The van der Waals surface area contributed by atoms with Crippen LogP contribution in [0.5, 0.6) is 0 Å². The van der Waals surface area contributed by atoms with Crippen molar-refractivity contribution in [2.45, 2.75) is 17.7 Å². The van der Waals surface area contributed by atoms with Crippen molar-refractivity contribution in [2.75, 3.05) is 20.2 Å². The lowest BCUT2D eigenvalue weighted by atomic mass is 9.94. The molecule has 2 aliphatic rings. The zero-order valence-corrected chi connectivity index (χ0v) is 13.4. The second kappa shape index (κ2) is 6.42. The number of carbonyl (C=O) groups excluding carboxylic acids is 1. The number of fused-ring (bicyclic) bond motifs is 1. The van der Waals surface area contributed by atoms with Crippen LogP contribution in [0.4, 0.5) is 0 Å². The van der Waals surface area contributed by atoms with Gasteiger partial charge in [0.15, 0.2) is 0 Å². The topological polar surface area (TPSA) is 29.5 Å². The molecule has 1 aromatic rings. The SMILES string of the molecule is COC(=O)[C@H](c1ccccc1Cl)N1CCC2SC=CC2C1. The van der Waals surface area contributed by atoms with Crippen LogP contribution in [0.2, 0.25) is 5.02 Å². The van der Waals surface area contributed by atoms with Crippen LogP contribution in [-0.4, -0.2) is 36.3 Å². The van der Waals surface area contributed by atoms with Crippen LogP contribution in [0.1, 0.15) is 18.0 Å². The minimum atomic E-state index is -0.413. The van der Waals surface area contributed by atoms with Crippen molar-refractivity contribution in [3.8, 4) is 0 Å². The molecule has 0 spiro atoms. The Morgan fingerprint density at radius 1 is 1.48 bits per heavy atom. The van der Waals surface area contributed by atoms with E-state index in [0.717, 1.165) is 25.1 Å². The van der Waals surface area contributed by atoms with Gasteiger partial charge in [-0.2, -0.15) is 0 Å². The molecule has 0 aliphatic carbocycles. The van der Waals surface area contributed by atoms with Crippen LogP contribution in [0.25, 0.3) is 0 Å². The number of rotatable bonds is 3. The highest BCUT2D eigenvalue weighted by Gasteiger charge is 2.37. The van der Waals surface area contributed by atoms with Crippen molar-refractivity contribution in [1.29, 1.82) is 0 Å². The van der Waals surface area contributed by atoms with E-state index >= 15 is 0 Å². The molecule has 0 saturated carbocycles. The van der Waals surface area contributed by atoms with Crippen LogP contribution in [0, 0.1) is 5.92 Å². The molecular formula is C16H18ClNO2S. The zero-order chi connectivity index (χ0) is 14.8. The molecule has 0 aromatic heterocycles. The van der Waals surface area contributed by atoms with Gasteiger partial charge in [-0.3, -0.25) is 4.90 Å². The smallest absolute Gasteiger partial charge is 0.327 e. The van der Waals surface area contributed by atoms with Crippen molar-refractivity contribution >= 4 is 29.3 Å². The number of ether oxygens (including phenoxy) is 1. The Bertz CT molecular complexity index is 563. The third-order valence-electron chi connectivity index (χ3n) is 4.19. The molecular weight excluding hydrogens is 306 g/mol. The minimum absolute atomic E-state index is 0.240. The summed E-state index contributed by atoms with van der Waals surface area (Å²) in [6.45, 7) is 1.76. The zero-order valence-electron chi connectivity index (χ0n) is 11.9. The quantitative estimate of drug-likeness (QED) is 0.796. The van der Waals surface area contributed by atoms with E-state index in [1.807, 2.05) is 36.0 Å². The number of hydrogen-bond donors (Lipinski definition) is 0. The van der Waals surface area contributed by atoms with Gasteiger partial charge >= 0.3 is 5.97 Å². The molecule has 0 N–H and O–H groups in total. The minimum Gasteiger partial charge on any atom is -0.468 e. The fraction of sp³-hybridized carbons (Fsp3) is 0.438. The maximum Gasteiger partial charge on any atom is 0.327 e. The second-order valence-electron chi connectivity index (χ2n) is 5.40. The van der Waals surface area contributed by atoms with Crippen LogP contribution in [0.15, 0.2) is 35.7 Å². The molecule has 5 heteroatoms. The summed E-state index contributed by atoms with van der Waals surface area (Å²) in [6.07, 6.45) is 3.34. The van der Waals surface area contributed by atoms with Crippen molar-refractivity contribution in [3.63, 3.8) is 0 Å². The van der Waals surface area contributed by atoms with Gasteiger partial charge in [0.1, 0.15) is 6.04 Å². The first kappa shape index (κ1) is 14.9. The molecule has 0 bridgehead atoms. The van der Waals surface area contributed by atoms with Gasteiger partial charge in [-0.15, -0.1) is 11.8 Å². The Morgan fingerprint density at radius 2 is 2.29 bits per heavy atom. The summed E-state index contributed by atoms with van der Waals surface area (Å²) in [4.78, 5) is 14.5. The number of piperidine rings is 1. The molecule has 0 radical (unpaired) electrons. The third-order valence-corrected chi connectivity index (χ3v) is 5.79. The van der Waals surface area contributed by atoms with E-state index in [-0.39, 0.29) is 5.97 Å². The number of nitrogens with zero attached hydrogens (tertiary/aromatic N) is 1. The lowest BCUT2D eigenvalue weighted by molar-refractivity contribution is -0.148. The van der Waals surface area contributed by atoms with Gasteiger partial charge in [0.25, 0.3) is 0 Å². The second-order valence-corrected chi connectivity index (χ2v) is 6.95. The number of thioether (sulfide) groups is 1. The predicted molar refractivity (Wildman–Crippen MR) is 86.4 cm³/mol.